The molecule has 0 fully saturated rings. The molecular weight excluding hydrogens is 192 g/mol. The summed E-state index contributed by atoms with van der Waals surface area (Å²) in [6, 6.07) is 2.28. The van der Waals surface area contributed by atoms with Crippen molar-refractivity contribution in [3.8, 4) is 0 Å². The van der Waals surface area contributed by atoms with Crippen molar-refractivity contribution in [3.63, 3.8) is 0 Å². The van der Waals surface area contributed by atoms with Gasteiger partial charge in [-0.2, -0.15) is 0 Å². The predicted octanol–water partition coefficient (Wildman–Crippen LogP) is 3.97. The Kier molecular flexibility index (Phi) is 4.41. The van der Waals surface area contributed by atoms with Crippen molar-refractivity contribution in [3.05, 3.63) is 11.4 Å². The molecule has 0 aliphatic carbocycles. The fourth-order valence-electron chi connectivity index (χ4n) is 0.761. The summed E-state index contributed by atoms with van der Waals surface area (Å²) in [6.07, 6.45) is 0. The Hall–Kier alpha value is 0.400. The number of hydrogen-bond acceptors (Lipinski definition) is 3. The van der Waals surface area contributed by atoms with E-state index in [0.29, 0.717) is 0 Å². The van der Waals surface area contributed by atoms with Gasteiger partial charge in [0.05, 0.1) is 4.21 Å². The Morgan fingerprint density at radius 3 is 2.64 bits per heavy atom. The predicted molar refractivity (Wildman–Crippen MR) is 57.1 cm³/mol. The van der Waals surface area contributed by atoms with Crippen molar-refractivity contribution in [2.45, 2.75) is 23.0 Å². The van der Waals surface area contributed by atoms with E-state index in [0.717, 1.165) is 0 Å². The third-order valence-electron chi connectivity index (χ3n) is 1.15. The topological polar surface area (TPSA) is 0 Å². The summed E-state index contributed by atoms with van der Waals surface area (Å²) in [5.41, 5.74) is 0. The van der Waals surface area contributed by atoms with Gasteiger partial charge in [0.2, 0.25) is 0 Å². The first kappa shape index (κ1) is 9.49. The van der Waals surface area contributed by atoms with Gasteiger partial charge in [0.1, 0.15) is 0 Å². The van der Waals surface area contributed by atoms with Crippen LogP contribution < -0.4 is 0 Å². The largest absolute Gasteiger partial charge is 0.136 e. The molecule has 0 atom stereocenters. The first-order valence-electron chi connectivity index (χ1n) is 3.71. The zero-order valence-corrected chi connectivity index (χ0v) is 9.24. The Labute approximate surface area is 80.8 Å². The monoisotopic (exact) mass is 204 g/mol. The van der Waals surface area contributed by atoms with Gasteiger partial charge in [-0.15, -0.1) is 34.9 Å². The molecule has 0 radical (unpaired) electrons. The highest BCUT2D eigenvalue weighted by atomic mass is 32.2. The summed E-state index contributed by atoms with van der Waals surface area (Å²) in [5.74, 6) is 2.35. The maximum atomic E-state index is 2.28. The van der Waals surface area contributed by atoms with Crippen LogP contribution in [0.3, 0.4) is 0 Å². The van der Waals surface area contributed by atoms with E-state index < -0.39 is 0 Å². The molecule has 1 aromatic heterocycles. The second-order valence-electron chi connectivity index (χ2n) is 1.97. The Morgan fingerprint density at radius 1 is 1.27 bits per heavy atom. The van der Waals surface area contributed by atoms with Crippen LogP contribution in [-0.2, 0) is 0 Å². The van der Waals surface area contributed by atoms with E-state index in [2.05, 4.69) is 25.3 Å². The molecule has 62 valence electrons. The van der Waals surface area contributed by atoms with Crippen molar-refractivity contribution in [1.82, 2.24) is 0 Å². The zero-order chi connectivity index (χ0) is 8.10. The van der Waals surface area contributed by atoms with Crippen LogP contribution in [0, 0.1) is 0 Å². The van der Waals surface area contributed by atoms with E-state index in [9.17, 15) is 0 Å². The van der Waals surface area contributed by atoms with Gasteiger partial charge in [-0.3, -0.25) is 0 Å². The van der Waals surface area contributed by atoms with Crippen molar-refractivity contribution in [1.29, 1.82) is 0 Å². The maximum absolute atomic E-state index is 2.28. The van der Waals surface area contributed by atoms with Gasteiger partial charge >= 0.3 is 0 Å². The van der Waals surface area contributed by atoms with Crippen LogP contribution in [0.15, 0.2) is 20.6 Å². The van der Waals surface area contributed by atoms with Gasteiger partial charge < -0.3 is 0 Å². The summed E-state index contributed by atoms with van der Waals surface area (Å²) in [7, 11) is 0. The average Bonchev–Trinajstić information content (AvgIpc) is 2.38. The van der Waals surface area contributed by atoms with E-state index in [-0.39, 0.29) is 0 Å². The van der Waals surface area contributed by atoms with E-state index >= 15 is 0 Å². The minimum atomic E-state index is 1.17. The highest BCUT2D eigenvalue weighted by Crippen LogP contribution is 2.31. The van der Waals surface area contributed by atoms with Crippen molar-refractivity contribution in [2.24, 2.45) is 0 Å². The number of thiophene rings is 1. The molecule has 0 nitrogen and oxygen atoms in total. The molecule has 0 saturated carbocycles. The summed E-state index contributed by atoms with van der Waals surface area (Å²) in [5, 5.41) is 2.24. The van der Waals surface area contributed by atoms with Crippen LogP contribution in [0.2, 0.25) is 0 Å². The molecule has 1 rings (SSSR count). The van der Waals surface area contributed by atoms with Crippen LogP contribution >= 0.6 is 34.9 Å². The summed E-state index contributed by atoms with van der Waals surface area (Å²) in [6.45, 7) is 4.38. The van der Waals surface area contributed by atoms with Gasteiger partial charge in [-0.25, -0.2) is 0 Å². The standard InChI is InChI=1S/C8H12S3/c1-3-9-7-5-8(10-4-2)11-6-7/h5-6H,3-4H2,1-2H3. The number of rotatable bonds is 4. The molecule has 11 heavy (non-hydrogen) atoms. The van der Waals surface area contributed by atoms with Crippen LogP contribution in [0.25, 0.3) is 0 Å². The highest BCUT2D eigenvalue weighted by molar-refractivity contribution is 8.01. The molecule has 0 saturated heterocycles. The number of thioether (sulfide) groups is 2. The normalized spacial score (nSPS) is 10.4. The summed E-state index contributed by atoms with van der Waals surface area (Å²) in [4.78, 5) is 1.42. The second-order valence-corrected chi connectivity index (χ2v) is 5.78. The Morgan fingerprint density at radius 2 is 2.00 bits per heavy atom. The lowest BCUT2D eigenvalue weighted by atomic mass is 10.7. The first-order valence-corrected chi connectivity index (χ1v) is 6.56. The third-order valence-corrected chi connectivity index (χ3v) is 4.21. The molecule has 0 aromatic carbocycles. The molecule has 0 spiro atoms. The van der Waals surface area contributed by atoms with E-state index in [1.54, 1.807) is 0 Å². The van der Waals surface area contributed by atoms with Gasteiger partial charge in [0.15, 0.2) is 0 Å². The zero-order valence-electron chi connectivity index (χ0n) is 6.79. The van der Waals surface area contributed by atoms with E-state index in [1.165, 1.54) is 20.6 Å². The van der Waals surface area contributed by atoms with Crippen LogP contribution in [0.5, 0.6) is 0 Å². The fraction of sp³-hybridized carbons (Fsp3) is 0.500. The SMILES string of the molecule is CCSc1csc(SCC)c1. The molecule has 0 unspecified atom stereocenters. The summed E-state index contributed by atoms with van der Waals surface area (Å²) < 4.78 is 1.45. The average molecular weight is 204 g/mol. The molecule has 0 aliphatic heterocycles. The van der Waals surface area contributed by atoms with Crippen LogP contribution in [-0.4, -0.2) is 11.5 Å². The van der Waals surface area contributed by atoms with Gasteiger partial charge in [-0.05, 0) is 17.6 Å². The lowest BCUT2D eigenvalue weighted by Gasteiger charge is -1.89. The fourth-order valence-corrected chi connectivity index (χ4v) is 3.62. The molecule has 0 amide bonds. The molecule has 0 N–H and O–H groups in total. The molecule has 3 heteroatoms. The smallest absolute Gasteiger partial charge is 0.0609 e. The van der Waals surface area contributed by atoms with Crippen molar-refractivity contribution < 1.29 is 0 Å². The van der Waals surface area contributed by atoms with Gasteiger partial charge in [-0.1, -0.05) is 13.8 Å². The Balaban J connectivity index is 2.51. The lowest BCUT2D eigenvalue weighted by molar-refractivity contribution is 1.45. The Bertz CT molecular complexity index is 184. The molecule has 1 aromatic rings. The lowest BCUT2D eigenvalue weighted by Crippen LogP contribution is -1.65. The summed E-state index contributed by atoms with van der Waals surface area (Å²) >= 11 is 5.70. The minimum Gasteiger partial charge on any atom is -0.136 e. The van der Waals surface area contributed by atoms with Gasteiger partial charge in [0.25, 0.3) is 0 Å². The number of hydrogen-bond donors (Lipinski definition) is 0. The maximum Gasteiger partial charge on any atom is 0.0609 e. The van der Waals surface area contributed by atoms with E-state index in [4.69, 9.17) is 0 Å². The first-order chi connectivity index (χ1) is 5.36. The highest BCUT2D eigenvalue weighted by Gasteiger charge is 1.97. The molecule has 0 aliphatic rings. The van der Waals surface area contributed by atoms with Crippen molar-refractivity contribution >= 4 is 34.9 Å². The minimum absolute atomic E-state index is 1.17. The van der Waals surface area contributed by atoms with E-state index in [1.807, 2.05) is 34.9 Å². The second kappa shape index (κ2) is 5.12. The van der Waals surface area contributed by atoms with Gasteiger partial charge in [0, 0.05) is 10.3 Å². The third kappa shape index (κ3) is 3.09. The molecule has 0 bridgehead atoms. The quantitative estimate of drug-likeness (QED) is 0.681. The molecular formula is C8H12S3. The van der Waals surface area contributed by atoms with Crippen LogP contribution in [0.1, 0.15) is 13.8 Å². The van der Waals surface area contributed by atoms with Crippen molar-refractivity contribution in [2.75, 3.05) is 11.5 Å². The molecule has 1 heterocycles. The van der Waals surface area contributed by atoms with Crippen LogP contribution in [0.4, 0.5) is 0 Å².